The molecule has 0 saturated carbocycles. The van der Waals surface area contributed by atoms with Crippen LogP contribution < -0.4 is 121 Å². The van der Waals surface area contributed by atoms with Gasteiger partial charge in [0.1, 0.15) is 11.3 Å². The minimum Gasteiger partial charge on any atom is -1.00 e. The van der Waals surface area contributed by atoms with E-state index in [9.17, 15) is 4.79 Å². The van der Waals surface area contributed by atoms with Crippen molar-refractivity contribution in [3.63, 3.8) is 0 Å². The Morgan fingerprint density at radius 3 is 2.00 bits per heavy atom. The van der Waals surface area contributed by atoms with E-state index in [-0.39, 0.29) is 124 Å². The van der Waals surface area contributed by atoms with Crippen LogP contribution in [0.4, 0.5) is 0 Å². The zero-order valence-corrected chi connectivity index (χ0v) is 22.1. The molecule has 0 heterocycles. The summed E-state index contributed by atoms with van der Waals surface area (Å²) in [6.07, 6.45) is 0. The van der Waals surface area contributed by atoms with Crippen LogP contribution in [0.5, 0.6) is 5.75 Å². The summed E-state index contributed by atoms with van der Waals surface area (Å²) in [6.45, 7) is 0. The van der Waals surface area contributed by atoms with Crippen molar-refractivity contribution in [2.24, 2.45) is 0 Å². The average Bonchev–Trinajstić information content (AvgIpc) is 2.16. The topological polar surface area (TPSA) is 35.5 Å². The molecule has 0 atom stereocenters. The Morgan fingerprint density at radius 1 is 1.06 bits per heavy atom. The van der Waals surface area contributed by atoms with E-state index in [4.69, 9.17) is 3.07 Å². The third kappa shape index (κ3) is 9.79. The fourth-order valence-electron chi connectivity index (χ4n) is 0.744. The summed E-state index contributed by atoms with van der Waals surface area (Å²) in [5.74, 6) is 0.114. The van der Waals surface area contributed by atoms with E-state index in [1.807, 2.05) is 0 Å². The molecule has 0 bridgehead atoms. The van der Waals surface area contributed by atoms with E-state index in [0.717, 1.165) is 0 Å². The number of para-hydroxylation sites is 1. The molecule has 0 saturated heterocycles. The molecule has 1 aromatic rings. The molecule has 0 unspecified atom stereocenters. The van der Waals surface area contributed by atoms with Crippen LogP contribution in [0, 0.1) is 0 Å². The van der Waals surface area contributed by atoms with Gasteiger partial charge in [0.25, 0.3) is 0 Å². The van der Waals surface area contributed by atoms with Crippen LogP contribution in [0.15, 0.2) is 24.3 Å². The molecule has 0 fully saturated rings. The molecule has 0 aliphatic heterocycles. The quantitative estimate of drug-likeness (QED) is 0.308. The summed E-state index contributed by atoms with van der Waals surface area (Å²) >= 11 is 3.26. The van der Waals surface area contributed by atoms with E-state index in [0.29, 0.717) is 11.3 Å². The molecule has 1 rings (SSSR count). The largest absolute Gasteiger partial charge is 1.00 e. The molecule has 0 spiro atoms. The van der Waals surface area contributed by atoms with Crippen LogP contribution in [-0.4, -0.2) is 5.97 Å². The third-order valence-corrected chi connectivity index (χ3v) is 2.13. The molecule has 72 valence electrons. The minimum absolute atomic E-state index is 0. The molecule has 0 N–H and O–H groups in total. The molecule has 0 radical (unpaired) electrons. The molecule has 3 nitrogen and oxygen atoms in total. The van der Waals surface area contributed by atoms with Crippen LogP contribution in [0.3, 0.4) is 0 Å². The van der Waals surface area contributed by atoms with Crippen molar-refractivity contribution < 1.29 is 135 Å². The van der Waals surface area contributed by atoms with Gasteiger partial charge in [-0.05, 0) is 12.1 Å². The molecule has 9 heteroatoms. The van der Waals surface area contributed by atoms with Gasteiger partial charge in [-0.3, -0.25) is 0 Å². The monoisotopic (exact) mass is 486 g/mol. The smallest absolute Gasteiger partial charge is 1.00 e. The van der Waals surface area contributed by atoms with Crippen molar-refractivity contribution in [3.8, 4) is 5.75 Å². The first-order valence-electron chi connectivity index (χ1n) is 3.00. The Balaban J connectivity index is -0.0000000300. The van der Waals surface area contributed by atoms with Gasteiger partial charge in [-0.15, -0.1) is 0 Å². The molecule has 0 aliphatic carbocycles. The van der Waals surface area contributed by atoms with Crippen molar-refractivity contribution in [1.29, 1.82) is 0 Å². The second kappa shape index (κ2) is 17.0. The molecule has 0 aromatic heterocycles. The number of carbonyl (C=O) groups is 1. The number of carbonyl (C=O) groups excluding carboxylic acids is 1. The maximum atomic E-state index is 11.1. The molecular formula is C7H8I2Na4O3. The van der Waals surface area contributed by atoms with E-state index < -0.39 is 5.97 Å². The van der Waals surface area contributed by atoms with Crippen LogP contribution in [0.2, 0.25) is 0 Å². The molecule has 1 aromatic carbocycles. The van der Waals surface area contributed by atoms with Crippen LogP contribution in [0.1, 0.15) is 16.1 Å². The molecule has 16 heavy (non-hydrogen) atoms. The van der Waals surface area contributed by atoms with Gasteiger partial charge < -0.3 is 11.8 Å². The number of hydrogen-bond acceptors (Lipinski definition) is 3. The zero-order chi connectivity index (χ0) is 8.97. The predicted octanol–water partition coefficient (Wildman–Crippen LogP) is -8.61. The first-order valence-corrected chi connectivity index (χ1v) is 4.76. The van der Waals surface area contributed by atoms with Crippen LogP contribution >= 0.6 is 46.0 Å². The second-order valence-electron chi connectivity index (χ2n) is 1.94. The van der Waals surface area contributed by atoms with Crippen molar-refractivity contribution >= 4 is 52.0 Å². The number of benzene rings is 1. The predicted molar refractivity (Wildman–Crippen MR) is 65.0 cm³/mol. The fourth-order valence-corrected chi connectivity index (χ4v) is 1.37. The summed E-state index contributed by atoms with van der Waals surface area (Å²) < 4.78 is 9.46. The number of halogens is 2. The molecular weight excluding hydrogens is 478 g/mol. The second-order valence-corrected chi connectivity index (χ2v) is 2.82. The standard InChI is InChI=1S/C7H4I2O3.4Na.4H/c8-11-6-4-2-1-3-5(6)7(10)12-9;;;;;;;;/h1-4H;;;;;;;;/q;4*+1;4*-1. The van der Waals surface area contributed by atoms with E-state index in [2.05, 4.69) is 3.07 Å². The van der Waals surface area contributed by atoms with Crippen molar-refractivity contribution in [3.05, 3.63) is 29.8 Å². The van der Waals surface area contributed by atoms with Gasteiger partial charge in [-0.1, -0.05) is 12.1 Å². The zero-order valence-electron chi connectivity index (χ0n) is 13.8. The van der Waals surface area contributed by atoms with Gasteiger partial charge in [0.05, 0.1) is 0 Å². The Hall–Kier alpha value is 3.95. The normalized spacial score (nSPS) is 6.88. The summed E-state index contributed by atoms with van der Waals surface area (Å²) in [5, 5.41) is 0. The summed E-state index contributed by atoms with van der Waals surface area (Å²) in [5.41, 5.74) is 0.432. The van der Waals surface area contributed by atoms with Gasteiger partial charge >= 0.3 is 124 Å². The van der Waals surface area contributed by atoms with E-state index in [1.54, 1.807) is 70.3 Å². The Labute approximate surface area is 217 Å². The van der Waals surface area contributed by atoms with Gasteiger partial charge in [0, 0.05) is 0 Å². The summed E-state index contributed by atoms with van der Waals surface area (Å²) in [4.78, 5) is 11.1. The van der Waals surface area contributed by atoms with Crippen molar-refractivity contribution in [2.45, 2.75) is 0 Å². The summed E-state index contributed by atoms with van der Waals surface area (Å²) in [6, 6.07) is 6.89. The van der Waals surface area contributed by atoms with Gasteiger partial charge in [0.15, 0.2) is 46.0 Å². The molecule has 0 aliphatic rings. The van der Waals surface area contributed by atoms with Crippen molar-refractivity contribution in [2.75, 3.05) is 0 Å². The minimum atomic E-state index is -0.400. The number of hydrogen-bond donors (Lipinski definition) is 0. The first kappa shape index (κ1) is 28.2. The summed E-state index contributed by atoms with van der Waals surface area (Å²) in [7, 11) is 0. The maximum Gasteiger partial charge on any atom is 1.00 e. The molecule has 0 amide bonds. The van der Waals surface area contributed by atoms with Gasteiger partial charge in [0.2, 0.25) is 0 Å². The fraction of sp³-hybridized carbons (Fsp3) is 0. The SMILES string of the molecule is O=C(OI)c1ccccc1OI.[H-].[H-].[H-].[H-].[Na+].[Na+].[Na+].[Na+]. The van der Waals surface area contributed by atoms with Crippen LogP contribution in [0.25, 0.3) is 0 Å². The maximum absolute atomic E-state index is 11.1. The van der Waals surface area contributed by atoms with E-state index >= 15 is 0 Å². The Bertz CT molecular complexity index is 315. The van der Waals surface area contributed by atoms with Gasteiger partial charge in [-0.25, -0.2) is 4.79 Å². The Morgan fingerprint density at radius 2 is 1.56 bits per heavy atom. The van der Waals surface area contributed by atoms with Crippen LogP contribution in [-0.2, 0) is 3.07 Å². The third-order valence-electron chi connectivity index (χ3n) is 1.26. The Kier molecular flexibility index (Phi) is 29.9. The van der Waals surface area contributed by atoms with E-state index in [1.165, 1.54) is 0 Å². The average molecular weight is 486 g/mol. The first-order chi connectivity index (χ1) is 5.79. The number of rotatable bonds is 2. The van der Waals surface area contributed by atoms with Crippen molar-refractivity contribution in [1.82, 2.24) is 0 Å². The van der Waals surface area contributed by atoms with Gasteiger partial charge in [-0.2, -0.15) is 0 Å².